The number of nitrogens with one attached hydrogen (secondary N) is 1. The number of carbonyl (C=O) groups is 1. The lowest BCUT2D eigenvalue weighted by Gasteiger charge is -2.30. The van der Waals surface area contributed by atoms with Crippen molar-refractivity contribution in [2.24, 2.45) is 7.05 Å². The van der Waals surface area contributed by atoms with Crippen molar-refractivity contribution in [1.82, 2.24) is 23.8 Å². The van der Waals surface area contributed by atoms with Crippen LogP contribution in [0, 0.1) is 0 Å². The van der Waals surface area contributed by atoms with Gasteiger partial charge in [-0.25, -0.2) is 18.4 Å². The fourth-order valence-corrected chi connectivity index (χ4v) is 3.84. The van der Waals surface area contributed by atoms with Crippen molar-refractivity contribution in [2.75, 3.05) is 0 Å². The number of sulfonamides is 1. The first-order valence-electron chi connectivity index (χ1n) is 6.13. The minimum atomic E-state index is -3.98. The van der Waals surface area contributed by atoms with Crippen LogP contribution < -0.4 is 0 Å². The second-order valence-electron chi connectivity index (χ2n) is 4.81. The Labute approximate surface area is 120 Å². The highest BCUT2D eigenvalue weighted by Gasteiger charge is 2.41. The second-order valence-corrected chi connectivity index (χ2v) is 6.65. The third kappa shape index (κ3) is 2.21. The lowest BCUT2D eigenvalue weighted by Crippen LogP contribution is -2.48. The van der Waals surface area contributed by atoms with Gasteiger partial charge in [-0.1, -0.05) is 0 Å². The first-order valence-corrected chi connectivity index (χ1v) is 7.57. The van der Waals surface area contributed by atoms with E-state index < -0.39 is 22.0 Å². The summed E-state index contributed by atoms with van der Waals surface area (Å²) in [5, 5.41) is 9.15. The van der Waals surface area contributed by atoms with Gasteiger partial charge in [0, 0.05) is 19.7 Å². The van der Waals surface area contributed by atoms with E-state index in [9.17, 15) is 18.3 Å². The van der Waals surface area contributed by atoms with Gasteiger partial charge in [0.1, 0.15) is 6.04 Å². The van der Waals surface area contributed by atoms with Crippen LogP contribution in [-0.4, -0.2) is 49.4 Å². The maximum atomic E-state index is 12.6. The average Bonchev–Trinajstić information content (AvgIpc) is 3.05. The predicted octanol–water partition coefficient (Wildman–Crippen LogP) is -0.657. The standard InChI is InChI=1S/C11H13N5O4S/c1-15-4-10(14-6-15)21(19,20)16-3-8-7(12-5-13-8)2-9(16)11(17)18/h4-6,9H,2-3H2,1H3,(H,12,13)(H,17,18). The Bertz CT molecular complexity index is 793. The van der Waals surface area contributed by atoms with Crippen LogP contribution >= 0.6 is 0 Å². The highest BCUT2D eigenvalue weighted by Crippen LogP contribution is 2.26. The van der Waals surface area contributed by atoms with Crippen LogP contribution in [0.5, 0.6) is 0 Å². The molecule has 0 aromatic carbocycles. The Balaban J connectivity index is 2.05. The van der Waals surface area contributed by atoms with Crippen LogP contribution in [0.1, 0.15) is 11.4 Å². The monoisotopic (exact) mass is 311 g/mol. The molecule has 112 valence electrons. The molecule has 2 aromatic heterocycles. The van der Waals surface area contributed by atoms with E-state index in [1.165, 1.54) is 23.4 Å². The van der Waals surface area contributed by atoms with E-state index in [4.69, 9.17) is 0 Å². The van der Waals surface area contributed by atoms with Gasteiger partial charge in [0.25, 0.3) is 10.0 Å². The molecule has 9 nitrogen and oxygen atoms in total. The number of aromatic amines is 1. The summed E-state index contributed by atoms with van der Waals surface area (Å²) in [5.41, 5.74) is 1.18. The number of H-pyrrole nitrogens is 1. The number of aliphatic carboxylic acids is 1. The lowest BCUT2D eigenvalue weighted by atomic mass is 10.1. The minimum absolute atomic E-state index is 0.0280. The highest BCUT2D eigenvalue weighted by molar-refractivity contribution is 7.89. The Hall–Kier alpha value is -2.20. The summed E-state index contributed by atoms with van der Waals surface area (Å²) < 4.78 is 27.6. The lowest BCUT2D eigenvalue weighted by molar-refractivity contribution is -0.141. The zero-order valence-electron chi connectivity index (χ0n) is 11.1. The van der Waals surface area contributed by atoms with Crippen LogP contribution in [0.2, 0.25) is 0 Å². The fraction of sp³-hybridized carbons (Fsp3) is 0.364. The molecule has 0 saturated heterocycles. The molecular formula is C11H13N5O4S. The predicted molar refractivity (Wildman–Crippen MR) is 69.7 cm³/mol. The molecule has 0 amide bonds. The number of imidazole rings is 2. The molecule has 3 heterocycles. The number of carboxylic acids is 1. The molecule has 3 rings (SSSR count). The number of aryl methyl sites for hydroxylation is 1. The van der Waals surface area contributed by atoms with Crippen LogP contribution in [0.25, 0.3) is 0 Å². The smallest absolute Gasteiger partial charge is 0.322 e. The number of carboxylic acid groups (broad SMARTS) is 1. The van der Waals surface area contributed by atoms with Gasteiger partial charge in [0.15, 0.2) is 5.03 Å². The average molecular weight is 311 g/mol. The maximum absolute atomic E-state index is 12.6. The summed E-state index contributed by atoms with van der Waals surface area (Å²) >= 11 is 0. The molecule has 0 bridgehead atoms. The molecule has 0 radical (unpaired) electrons. The van der Waals surface area contributed by atoms with E-state index in [1.54, 1.807) is 7.05 Å². The Morgan fingerprint density at radius 3 is 2.86 bits per heavy atom. The number of rotatable bonds is 3. The van der Waals surface area contributed by atoms with Gasteiger partial charge in [-0.2, -0.15) is 4.31 Å². The van der Waals surface area contributed by atoms with Crippen molar-refractivity contribution >= 4 is 16.0 Å². The largest absolute Gasteiger partial charge is 0.480 e. The molecule has 2 N–H and O–H groups in total. The van der Waals surface area contributed by atoms with Crippen LogP contribution in [-0.2, 0) is 34.8 Å². The number of aromatic nitrogens is 4. The zero-order valence-corrected chi connectivity index (χ0v) is 11.9. The molecule has 1 aliphatic heterocycles. The van der Waals surface area contributed by atoms with Gasteiger partial charge in [0.05, 0.1) is 30.6 Å². The van der Waals surface area contributed by atoms with Gasteiger partial charge in [0.2, 0.25) is 0 Å². The maximum Gasteiger partial charge on any atom is 0.322 e. The molecule has 1 atom stereocenters. The first-order chi connectivity index (χ1) is 9.89. The summed E-state index contributed by atoms with van der Waals surface area (Å²) in [6.45, 7) is -0.0643. The summed E-state index contributed by atoms with van der Waals surface area (Å²) in [6, 6.07) is -1.19. The SMILES string of the molecule is Cn1cnc(S(=O)(=O)N2Cc3[nH]cnc3CC2C(=O)O)c1. The molecule has 0 fully saturated rings. The fourth-order valence-electron chi connectivity index (χ4n) is 2.32. The highest BCUT2D eigenvalue weighted by atomic mass is 32.2. The van der Waals surface area contributed by atoms with E-state index in [2.05, 4.69) is 15.0 Å². The summed E-state index contributed by atoms with van der Waals surface area (Å²) in [4.78, 5) is 22.1. The quantitative estimate of drug-likeness (QED) is 0.776. The van der Waals surface area contributed by atoms with Gasteiger partial charge < -0.3 is 14.7 Å². The molecule has 0 saturated carbocycles. The van der Waals surface area contributed by atoms with Crippen molar-refractivity contribution in [3.8, 4) is 0 Å². The van der Waals surface area contributed by atoms with Gasteiger partial charge in [-0.3, -0.25) is 4.79 Å². The molecule has 0 aliphatic carbocycles. The second kappa shape index (κ2) is 4.67. The number of hydrogen-bond acceptors (Lipinski definition) is 5. The first kappa shape index (κ1) is 13.8. The Morgan fingerprint density at radius 1 is 1.48 bits per heavy atom. The summed E-state index contributed by atoms with van der Waals surface area (Å²) in [5.74, 6) is -1.21. The van der Waals surface area contributed by atoms with Gasteiger partial charge >= 0.3 is 5.97 Å². The number of hydrogen-bond donors (Lipinski definition) is 2. The summed E-state index contributed by atoms with van der Waals surface area (Å²) in [7, 11) is -2.34. The van der Waals surface area contributed by atoms with Crippen LogP contribution in [0.15, 0.2) is 23.9 Å². The molecule has 21 heavy (non-hydrogen) atoms. The van der Waals surface area contributed by atoms with Crippen molar-refractivity contribution in [3.05, 3.63) is 30.2 Å². The molecule has 2 aromatic rings. The topological polar surface area (TPSA) is 121 Å². The molecular weight excluding hydrogens is 298 g/mol. The minimum Gasteiger partial charge on any atom is -0.480 e. The third-order valence-electron chi connectivity index (χ3n) is 3.40. The van der Waals surface area contributed by atoms with Crippen LogP contribution in [0.4, 0.5) is 0 Å². The van der Waals surface area contributed by atoms with E-state index in [1.807, 2.05) is 0 Å². The Kier molecular flexibility index (Phi) is 3.06. The van der Waals surface area contributed by atoms with Gasteiger partial charge in [-0.15, -0.1) is 0 Å². The normalized spacial score (nSPS) is 19.4. The van der Waals surface area contributed by atoms with E-state index in [-0.39, 0.29) is 18.0 Å². The molecule has 1 unspecified atom stereocenters. The number of nitrogens with zero attached hydrogens (tertiary/aromatic N) is 4. The van der Waals surface area contributed by atoms with Gasteiger partial charge in [-0.05, 0) is 0 Å². The van der Waals surface area contributed by atoms with E-state index >= 15 is 0 Å². The van der Waals surface area contributed by atoms with E-state index in [0.717, 1.165) is 4.31 Å². The van der Waals surface area contributed by atoms with E-state index in [0.29, 0.717) is 11.4 Å². The molecule has 0 spiro atoms. The van der Waals surface area contributed by atoms with Crippen molar-refractivity contribution in [1.29, 1.82) is 0 Å². The van der Waals surface area contributed by atoms with Crippen molar-refractivity contribution in [2.45, 2.75) is 24.0 Å². The van der Waals surface area contributed by atoms with Crippen molar-refractivity contribution in [3.63, 3.8) is 0 Å². The summed E-state index contributed by atoms with van der Waals surface area (Å²) in [6.07, 6.45) is 4.16. The zero-order chi connectivity index (χ0) is 15.2. The molecule has 10 heteroatoms. The van der Waals surface area contributed by atoms with Crippen molar-refractivity contribution < 1.29 is 18.3 Å². The Morgan fingerprint density at radius 2 is 2.24 bits per heavy atom. The third-order valence-corrected chi connectivity index (χ3v) is 5.14. The molecule has 1 aliphatic rings. The number of fused-ring (bicyclic) bond motifs is 1. The van der Waals surface area contributed by atoms with Crippen LogP contribution in [0.3, 0.4) is 0 Å².